The van der Waals surface area contributed by atoms with E-state index in [0.717, 1.165) is 56.0 Å². The van der Waals surface area contributed by atoms with E-state index < -0.39 is 0 Å². The number of para-hydroxylation sites is 2. The van der Waals surface area contributed by atoms with E-state index in [1.54, 1.807) is 0 Å². The molecule has 0 radical (unpaired) electrons. The first-order valence-corrected chi connectivity index (χ1v) is 12.9. The molecule has 0 bridgehead atoms. The molecule has 7 rings (SSSR count). The second-order valence-electron chi connectivity index (χ2n) is 10.7. The number of aromatic amines is 1. The van der Waals surface area contributed by atoms with Crippen LogP contribution < -0.4 is 0 Å². The predicted molar refractivity (Wildman–Crippen MR) is 156 cm³/mol. The van der Waals surface area contributed by atoms with Crippen molar-refractivity contribution in [2.24, 2.45) is 0 Å². The number of pyridine rings is 2. The molecule has 0 aliphatic carbocycles. The molecule has 0 fully saturated rings. The van der Waals surface area contributed by atoms with E-state index >= 15 is 0 Å². The Morgan fingerprint density at radius 2 is 1.47 bits per heavy atom. The molecule has 5 nitrogen and oxygen atoms in total. The fourth-order valence-electron chi connectivity index (χ4n) is 5.42. The van der Waals surface area contributed by atoms with Gasteiger partial charge in [-0.15, -0.1) is 0 Å². The van der Waals surface area contributed by atoms with Crippen molar-refractivity contribution in [3.63, 3.8) is 0 Å². The smallest absolute Gasteiger partial charge is 0.146 e. The molecule has 4 aromatic heterocycles. The lowest BCUT2D eigenvalue weighted by molar-refractivity contribution is 0.571. The fourth-order valence-corrected chi connectivity index (χ4v) is 5.42. The first-order valence-electron chi connectivity index (χ1n) is 12.9. The minimum Gasteiger partial charge on any atom is -0.281 e. The Hall–Kier alpha value is -4.77. The molecule has 5 heteroatoms. The SMILES string of the molecule is CC(C)(C)c1[nH]nc2c(-c3cccc(-c4cccc(-n5c6ccccc6c6cccnc65)n4)c3)cccc12. The topological polar surface area (TPSA) is 59.4 Å². The molecule has 0 aliphatic heterocycles. The van der Waals surface area contributed by atoms with E-state index in [0.29, 0.717) is 0 Å². The van der Waals surface area contributed by atoms with E-state index in [1.807, 2.05) is 18.3 Å². The number of hydrogen-bond donors (Lipinski definition) is 1. The highest BCUT2D eigenvalue weighted by atomic mass is 15.1. The normalized spacial score (nSPS) is 12.1. The molecule has 38 heavy (non-hydrogen) atoms. The summed E-state index contributed by atoms with van der Waals surface area (Å²) < 4.78 is 2.15. The van der Waals surface area contributed by atoms with Crippen LogP contribution in [0.4, 0.5) is 0 Å². The van der Waals surface area contributed by atoms with Crippen LogP contribution in [-0.2, 0) is 5.41 Å². The molecule has 0 unspecified atom stereocenters. The first kappa shape index (κ1) is 22.4. The number of benzene rings is 3. The minimum absolute atomic E-state index is 0.0127. The van der Waals surface area contributed by atoms with Gasteiger partial charge in [0.25, 0.3) is 0 Å². The maximum Gasteiger partial charge on any atom is 0.146 e. The summed E-state index contributed by atoms with van der Waals surface area (Å²) >= 11 is 0. The second kappa shape index (κ2) is 8.38. The summed E-state index contributed by atoms with van der Waals surface area (Å²) in [5.74, 6) is 0.849. The lowest BCUT2D eigenvalue weighted by Gasteiger charge is -2.16. The Labute approximate surface area is 220 Å². The summed E-state index contributed by atoms with van der Waals surface area (Å²) in [4.78, 5) is 9.83. The quantitative estimate of drug-likeness (QED) is 0.271. The van der Waals surface area contributed by atoms with Gasteiger partial charge < -0.3 is 0 Å². The number of rotatable bonds is 3. The third-order valence-corrected chi connectivity index (χ3v) is 7.20. The van der Waals surface area contributed by atoms with Gasteiger partial charge in [-0.1, -0.05) is 81.4 Å². The standard InChI is InChI=1S/C33H27N5/c1-33(2,3)31-26-14-7-13-23(30(26)36-37-31)21-10-6-11-22(20-21)27-16-8-18-29(35-27)38-28-17-5-4-12-24(28)25-15-9-19-34-32(25)38/h4-20H,1-3H3,(H,36,37). The van der Waals surface area contributed by atoms with Crippen LogP contribution in [-0.4, -0.2) is 24.7 Å². The highest BCUT2D eigenvalue weighted by molar-refractivity contribution is 6.07. The second-order valence-corrected chi connectivity index (χ2v) is 10.7. The third-order valence-electron chi connectivity index (χ3n) is 7.20. The van der Waals surface area contributed by atoms with Gasteiger partial charge >= 0.3 is 0 Å². The largest absolute Gasteiger partial charge is 0.281 e. The van der Waals surface area contributed by atoms with Gasteiger partial charge in [0.15, 0.2) is 0 Å². The Balaban J connectivity index is 1.36. The van der Waals surface area contributed by atoms with Crippen LogP contribution in [0, 0.1) is 0 Å². The van der Waals surface area contributed by atoms with E-state index in [-0.39, 0.29) is 5.41 Å². The van der Waals surface area contributed by atoms with Crippen molar-refractivity contribution in [2.75, 3.05) is 0 Å². The molecule has 184 valence electrons. The molecular weight excluding hydrogens is 466 g/mol. The van der Waals surface area contributed by atoms with Crippen molar-refractivity contribution in [3.05, 3.63) is 109 Å². The number of aromatic nitrogens is 5. The van der Waals surface area contributed by atoms with Gasteiger partial charge in [-0.25, -0.2) is 9.97 Å². The molecule has 1 N–H and O–H groups in total. The molecule has 3 aromatic carbocycles. The van der Waals surface area contributed by atoms with Gasteiger partial charge in [0.05, 0.1) is 11.2 Å². The van der Waals surface area contributed by atoms with E-state index in [1.165, 1.54) is 10.8 Å². The van der Waals surface area contributed by atoms with E-state index in [2.05, 4.69) is 115 Å². The van der Waals surface area contributed by atoms with Crippen LogP contribution in [0.5, 0.6) is 0 Å². The molecule has 4 heterocycles. The summed E-state index contributed by atoms with van der Waals surface area (Å²) in [5.41, 5.74) is 8.34. The molecule has 0 saturated carbocycles. The molecule has 0 saturated heterocycles. The number of nitrogens with zero attached hydrogens (tertiary/aromatic N) is 4. The maximum absolute atomic E-state index is 5.12. The van der Waals surface area contributed by atoms with Crippen LogP contribution >= 0.6 is 0 Å². The number of fused-ring (bicyclic) bond motifs is 4. The Bertz CT molecular complexity index is 1920. The molecule has 7 aromatic rings. The van der Waals surface area contributed by atoms with Gasteiger partial charge in [0.2, 0.25) is 0 Å². The average molecular weight is 494 g/mol. The summed E-state index contributed by atoms with van der Waals surface area (Å²) in [6, 6.07) is 33.7. The summed E-state index contributed by atoms with van der Waals surface area (Å²) in [5, 5.41) is 11.5. The van der Waals surface area contributed by atoms with Gasteiger partial charge in [0.1, 0.15) is 17.0 Å². The van der Waals surface area contributed by atoms with Crippen molar-refractivity contribution in [1.82, 2.24) is 24.7 Å². The highest BCUT2D eigenvalue weighted by Gasteiger charge is 2.21. The number of H-pyrrole nitrogens is 1. The number of hydrogen-bond acceptors (Lipinski definition) is 3. The van der Waals surface area contributed by atoms with Gasteiger partial charge in [0, 0.05) is 44.6 Å². The summed E-state index contributed by atoms with van der Waals surface area (Å²) in [6.45, 7) is 6.62. The molecule has 0 amide bonds. The summed E-state index contributed by atoms with van der Waals surface area (Å²) in [7, 11) is 0. The van der Waals surface area contributed by atoms with Crippen molar-refractivity contribution < 1.29 is 0 Å². The van der Waals surface area contributed by atoms with E-state index in [9.17, 15) is 0 Å². The number of nitrogens with one attached hydrogen (secondary N) is 1. The fraction of sp³-hybridized carbons (Fsp3) is 0.121. The van der Waals surface area contributed by atoms with Crippen molar-refractivity contribution in [1.29, 1.82) is 0 Å². The molecule has 0 atom stereocenters. The molecular formula is C33H27N5. The zero-order valence-electron chi connectivity index (χ0n) is 21.6. The highest BCUT2D eigenvalue weighted by Crippen LogP contribution is 2.35. The zero-order valence-corrected chi connectivity index (χ0v) is 21.6. The lowest BCUT2D eigenvalue weighted by atomic mass is 9.89. The van der Waals surface area contributed by atoms with Crippen molar-refractivity contribution in [2.45, 2.75) is 26.2 Å². The first-order chi connectivity index (χ1) is 18.5. The average Bonchev–Trinajstić information content (AvgIpc) is 3.53. The summed E-state index contributed by atoms with van der Waals surface area (Å²) in [6.07, 6.45) is 1.84. The molecule has 0 spiro atoms. The lowest BCUT2D eigenvalue weighted by Crippen LogP contribution is -2.11. The van der Waals surface area contributed by atoms with Crippen LogP contribution in [0.15, 0.2) is 103 Å². The molecule has 0 aliphatic rings. The van der Waals surface area contributed by atoms with Gasteiger partial charge in [-0.3, -0.25) is 9.67 Å². The van der Waals surface area contributed by atoms with Crippen LogP contribution in [0.25, 0.3) is 61.0 Å². The van der Waals surface area contributed by atoms with E-state index in [4.69, 9.17) is 15.1 Å². The van der Waals surface area contributed by atoms with Crippen molar-refractivity contribution in [3.8, 4) is 28.2 Å². The monoisotopic (exact) mass is 493 g/mol. The van der Waals surface area contributed by atoms with Gasteiger partial charge in [-0.2, -0.15) is 5.10 Å². The van der Waals surface area contributed by atoms with Gasteiger partial charge in [-0.05, 0) is 42.0 Å². The Morgan fingerprint density at radius 3 is 2.37 bits per heavy atom. The van der Waals surface area contributed by atoms with Crippen LogP contribution in [0.2, 0.25) is 0 Å². The maximum atomic E-state index is 5.12. The minimum atomic E-state index is -0.0127. The van der Waals surface area contributed by atoms with Crippen molar-refractivity contribution >= 4 is 32.8 Å². The Kier molecular flexibility index (Phi) is 4.95. The zero-order chi connectivity index (χ0) is 25.9. The Morgan fingerprint density at radius 1 is 0.711 bits per heavy atom. The van der Waals surface area contributed by atoms with Crippen LogP contribution in [0.1, 0.15) is 26.5 Å². The third kappa shape index (κ3) is 3.51. The predicted octanol–water partition coefficient (Wildman–Crippen LogP) is 8.08. The van der Waals surface area contributed by atoms with Crippen LogP contribution in [0.3, 0.4) is 0 Å².